The number of likely N-dealkylation sites (N-methyl/N-ethyl adjacent to an activating group) is 1. The van der Waals surface area contributed by atoms with E-state index in [0.29, 0.717) is 26.2 Å². The molecule has 0 rings (SSSR count). The smallest absolute Gasteiger partial charge is 0.237 e. The minimum absolute atomic E-state index is 0.127. The molecule has 6 N–H and O–H groups in total. The number of carbonyl (C=O) groups is 2. The molecular weight excluding hydrogens is 258 g/mol. The van der Waals surface area contributed by atoms with Crippen molar-refractivity contribution in [1.29, 1.82) is 0 Å². The molecule has 20 heavy (non-hydrogen) atoms. The lowest BCUT2D eigenvalue weighted by Gasteiger charge is -2.15. The van der Waals surface area contributed by atoms with E-state index in [1.165, 1.54) is 0 Å². The molecule has 0 aliphatic carbocycles. The van der Waals surface area contributed by atoms with Gasteiger partial charge < -0.3 is 27.0 Å². The Balaban J connectivity index is 3.84. The Morgan fingerprint density at radius 2 is 1.85 bits per heavy atom. The molecule has 1 atom stereocenters. The topological polar surface area (TPSA) is 108 Å². The maximum absolute atomic E-state index is 11.8. The summed E-state index contributed by atoms with van der Waals surface area (Å²) in [6, 6.07) is -0.483. The van der Waals surface area contributed by atoms with E-state index in [9.17, 15) is 9.59 Å². The second-order valence-electron chi connectivity index (χ2n) is 4.58. The average Bonchev–Trinajstić information content (AvgIpc) is 2.44. The molecule has 0 heterocycles. The van der Waals surface area contributed by atoms with Crippen LogP contribution in [0.25, 0.3) is 0 Å². The van der Waals surface area contributed by atoms with Gasteiger partial charge in [-0.1, -0.05) is 13.3 Å². The largest absolute Gasteiger partial charge is 0.355 e. The summed E-state index contributed by atoms with van der Waals surface area (Å²) in [5, 5.41) is 11.5. The first-order valence-corrected chi connectivity index (χ1v) is 7.28. The van der Waals surface area contributed by atoms with Crippen molar-refractivity contribution in [3.05, 3.63) is 0 Å². The summed E-state index contributed by atoms with van der Waals surface area (Å²) in [6.07, 6.45) is 2.12. The molecule has 0 aliphatic heterocycles. The number of hydrogen-bond acceptors (Lipinski definition) is 5. The van der Waals surface area contributed by atoms with Gasteiger partial charge in [-0.05, 0) is 13.5 Å². The van der Waals surface area contributed by atoms with Gasteiger partial charge in [0.1, 0.15) is 0 Å². The fraction of sp³-hybridized carbons (Fsp3) is 0.846. The number of hydrogen-bond donors (Lipinski definition) is 5. The van der Waals surface area contributed by atoms with Crippen LogP contribution in [0.4, 0.5) is 0 Å². The number of carbonyl (C=O) groups excluding carboxylic acids is 2. The Morgan fingerprint density at radius 3 is 2.45 bits per heavy atom. The molecule has 0 aliphatic rings. The second kappa shape index (κ2) is 12.8. The van der Waals surface area contributed by atoms with Crippen LogP contribution in [0.5, 0.6) is 0 Å². The lowest BCUT2D eigenvalue weighted by molar-refractivity contribution is -0.128. The van der Waals surface area contributed by atoms with Crippen molar-refractivity contribution in [1.82, 2.24) is 21.3 Å². The Kier molecular flexibility index (Phi) is 12.1. The van der Waals surface area contributed by atoms with E-state index in [0.717, 1.165) is 19.4 Å². The van der Waals surface area contributed by atoms with Crippen molar-refractivity contribution in [2.45, 2.75) is 32.2 Å². The highest BCUT2D eigenvalue weighted by Crippen LogP contribution is 1.93. The van der Waals surface area contributed by atoms with Crippen molar-refractivity contribution in [2.75, 3.05) is 39.8 Å². The summed E-state index contributed by atoms with van der Waals surface area (Å²) in [5.74, 6) is -0.262. The third kappa shape index (κ3) is 9.71. The van der Waals surface area contributed by atoms with E-state index in [4.69, 9.17) is 5.73 Å². The minimum Gasteiger partial charge on any atom is -0.355 e. The standard InChI is InChI=1S/C13H29N5O2/c1-3-4-6-18-13(20)11(15-2)10-12(19)17-9-8-16-7-5-14/h11,15-16H,3-10,14H2,1-2H3,(H,17,19)(H,18,20). The SMILES string of the molecule is CCCCNC(=O)C(CC(=O)NCCNCCN)NC. The first kappa shape index (κ1) is 18.8. The van der Waals surface area contributed by atoms with Crippen LogP contribution in [0.1, 0.15) is 26.2 Å². The second-order valence-corrected chi connectivity index (χ2v) is 4.58. The highest BCUT2D eigenvalue weighted by molar-refractivity contribution is 5.88. The van der Waals surface area contributed by atoms with Gasteiger partial charge in [0.2, 0.25) is 11.8 Å². The molecule has 0 aromatic heterocycles. The van der Waals surface area contributed by atoms with Crippen LogP contribution in [0.2, 0.25) is 0 Å². The highest BCUT2D eigenvalue weighted by atomic mass is 16.2. The van der Waals surface area contributed by atoms with Gasteiger partial charge in [-0.3, -0.25) is 9.59 Å². The summed E-state index contributed by atoms with van der Waals surface area (Å²) in [7, 11) is 1.68. The zero-order valence-corrected chi connectivity index (χ0v) is 12.6. The Labute approximate surface area is 121 Å². The minimum atomic E-state index is -0.483. The van der Waals surface area contributed by atoms with Gasteiger partial charge in [0.05, 0.1) is 12.5 Å². The zero-order chi connectivity index (χ0) is 15.2. The van der Waals surface area contributed by atoms with Crippen LogP contribution in [-0.2, 0) is 9.59 Å². The predicted octanol–water partition coefficient (Wildman–Crippen LogP) is -1.45. The molecular formula is C13H29N5O2. The summed E-state index contributed by atoms with van der Waals surface area (Å²) in [4.78, 5) is 23.5. The maximum atomic E-state index is 11.8. The van der Waals surface area contributed by atoms with Gasteiger partial charge in [-0.25, -0.2) is 0 Å². The maximum Gasteiger partial charge on any atom is 0.237 e. The molecule has 0 fully saturated rings. The lowest BCUT2D eigenvalue weighted by atomic mass is 10.2. The van der Waals surface area contributed by atoms with Gasteiger partial charge in [-0.15, -0.1) is 0 Å². The van der Waals surface area contributed by atoms with Gasteiger partial charge >= 0.3 is 0 Å². The van der Waals surface area contributed by atoms with E-state index >= 15 is 0 Å². The summed E-state index contributed by atoms with van der Waals surface area (Å²) >= 11 is 0. The van der Waals surface area contributed by atoms with E-state index in [2.05, 4.69) is 28.2 Å². The van der Waals surface area contributed by atoms with E-state index in [1.807, 2.05) is 0 Å². The zero-order valence-electron chi connectivity index (χ0n) is 12.6. The molecule has 0 saturated carbocycles. The number of amides is 2. The Hall–Kier alpha value is -1.18. The quantitative estimate of drug-likeness (QED) is 0.282. The van der Waals surface area contributed by atoms with Crippen molar-refractivity contribution < 1.29 is 9.59 Å². The van der Waals surface area contributed by atoms with Crippen molar-refractivity contribution in [2.24, 2.45) is 5.73 Å². The van der Waals surface area contributed by atoms with E-state index < -0.39 is 6.04 Å². The number of rotatable bonds is 12. The van der Waals surface area contributed by atoms with Gasteiger partial charge in [-0.2, -0.15) is 0 Å². The molecule has 0 radical (unpaired) electrons. The van der Waals surface area contributed by atoms with Crippen molar-refractivity contribution in [3.8, 4) is 0 Å². The van der Waals surface area contributed by atoms with Gasteiger partial charge in [0, 0.05) is 32.7 Å². The molecule has 0 bridgehead atoms. The first-order valence-electron chi connectivity index (χ1n) is 7.28. The molecule has 0 aromatic carbocycles. The Bertz CT molecular complexity index is 273. The Morgan fingerprint density at radius 1 is 1.10 bits per heavy atom. The van der Waals surface area contributed by atoms with Crippen LogP contribution in [-0.4, -0.2) is 57.6 Å². The molecule has 118 valence electrons. The third-order valence-electron chi connectivity index (χ3n) is 2.83. The predicted molar refractivity (Wildman–Crippen MR) is 80.3 cm³/mol. The van der Waals surface area contributed by atoms with E-state index in [-0.39, 0.29) is 18.2 Å². The van der Waals surface area contributed by atoms with Crippen LogP contribution in [0.3, 0.4) is 0 Å². The number of nitrogens with one attached hydrogen (secondary N) is 4. The fourth-order valence-corrected chi connectivity index (χ4v) is 1.61. The summed E-state index contributed by atoms with van der Waals surface area (Å²) < 4.78 is 0. The molecule has 0 saturated heterocycles. The average molecular weight is 287 g/mol. The number of nitrogens with two attached hydrogens (primary N) is 1. The van der Waals surface area contributed by atoms with Crippen LogP contribution >= 0.6 is 0 Å². The first-order chi connectivity index (χ1) is 9.65. The normalized spacial score (nSPS) is 11.9. The lowest BCUT2D eigenvalue weighted by Crippen LogP contribution is -2.46. The van der Waals surface area contributed by atoms with Crippen LogP contribution in [0.15, 0.2) is 0 Å². The van der Waals surface area contributed by atoms with Crippen molar-refractivity contribution in [3.63, 3.8) is 0 Å². The third-order valence-corrected chi connectivity index (χ3v) is 2.83. The highest BCUT2D eigenvalue weighted by Gasteiger charge is 2.19. The van der Waals surface area contributed by atoms with Gasteiger partial charge in [0.25, 0.3) is 0 Å². The molecule has 2 amide bonds. The monoisotopic (exact) mass is 287 g/mol. The van der Waals surface area contributed by atoms with Gasteiger partial charge in [0.15, 0.2) is 0 Å². The van der Waals surface area contributed by atoms with Crippen molar-refractivity contribution >= 4 is 11.8 Å². The van der Waals surface area contributed by atoms with E-state index in [1.54, 1.807) is 7.05 Å². The summed E-state index contributed by atoms with van der Waals surface area (Å²) in [5.41, 5.74) is 5.34. The molecule has 0 aromatic rings. The number of unbranched alkanes of at least 4 members (excludes halogenated alkanes) is 1. The van der Waals surface area contributed by atoms with Crippen LogP contribution < -0.4 is 27.0 Å². The summed E-state index contributed by atoms with van der Waals surface area (Å²) in [6.45, 7) is 5.23. The molecule has 0 spiro atoms. The molecule has 7 nitrogen and oxygen atoms in total. The fourth-order valence-electron chi connectivity index (χ4n) is 1.61. The molecule has 7 heteroatoms. The molecule has 1 unspecified atom stereocenters. The van der Waals surface area contributed by atoms with Crippen LogP contribution in [0, 0.1) is 0 Å².